The second-order valence-corrected chi connectivity index (χ2v) is 4.02. The van der Waals surface area contributed by atoms with E-state index in [1.54, 1.807) is 0 Å². The highest BCUT2D eigenvalue weighted by molar-refractivity contribution is 4.90. The molecule has 1 aromatic heterocycles. The maximum atomic E-state index is 5.16. The molecule has 0 aromatic carbocycles. The molecule has 0 spiro atoms. The molecule has 0 saturated carbocycles. The average molecular weight is 210 g/mol. The number of hydrogen-bond acceptors (Lipinski definition) is 5. The van der Waals surface area contributed by atoms with Crippen molar-refractivity contribution in [2.45, 2.75) is 19.3 Å². The first kappa shape index (κ1) is 10.6. The van der Waals surface area contributed by atoms with Crippen LogP contribution in [0.4, 0.5) is 0 Å². The van der Waals surface area contributed by atoms with Crippen molar-refractivity contribution in [2.75, 3.05) is 26.7 Å². The summed E-state index contributed by atoms with van der Waals surface area (Å²) in [5.74, 6) is 2.28. The number of hydrogen-bond donors (Lipinski definition) is 2. The van der Waals surface area contributed by atoms with Gasteiger partial charge in [0.2, 0.25) is 5.89 Å². The second kappa shape index (κ2) is 5.23. The summed E-state index contributed by atoms with van der Waals surface area (Å²) in [7, 11) is 1.92. The number of nitrogens with one attached hydrogen (secondary N) is 2. The van der Waals surface area contributed by atoms with Crippen LogP contribution >= 0.6 is 0 Å². The van der Waals surface area contributed by atoms with E-state index in [0.717, 1.165) is 44.2 Å². The highest BCUT2D eigenvalue weighted by Gasteiger charge is 2.17. The minimum absolute atomic E-state index is 0.680. The Morgan fingerprint density at radius 3 is 3.27 bits per heavy atom. The molecule has 2 rings (SSSR count). The van der Waals surface area contributed by atoms with Crippen molar-refractivity contribution in [3.8, 4) is 0 Å². The normalized spacial score (nSPS) is 21.0. The standard InChI is InChI=1S/C10H18N4O/c1-11-4-3-10-13-9(14-15-10)6-8-2-5-12-7-8/h8,11-12H,2-7H2,1H3. The molecule has 0 radical (unpaired) electrons. The van der Waals surface area contributed by atoms with Crippen LogP contribution in [0, 0.1) is 5.92 Å². The smallest absolute Gasteiger partial charge is 0.227 e. The minimum Gasteiger partial charge on any atom is -0.339 e. The zero-order chi connectivity index (χ0) is 10.5. The molecule has 1 aliphatic rings. The molecule has 1 fully saturated rings. The summed E-state index contributed by atoms with van der Waals surface area (Å²) in [4.78, 5) is 4.37. The topological polar surface area (TPSA) is 63.0 Å². The summed E-state index contributed by atoms with van der Waals surface area (Å²) in [6.45, 7) is 3.09. The lowest BCUT2D eigenvalue weighted by molar-refractivity contribution is 0.369. The van der Waals surface area contributed by atoms with E-state index in [0.29, 0.717) is 5.92 Å². The van der Waals surface area contributed by atoms with Crippen molar-refractivity contribution in [2.24, 2.45) is 5.92 Å². The third kappa shape index (κ3) is 3.00. The van der Waals surface area contributed by atoms with E-state index in [-0.39, 0.29) is 0 Å². The van der Waals surface area contributed by atoms with Crippen LogP contribution in [0.3, 0.4) is 0 Å². The molecular formula is C10H18N4O. The Balaban J connectivity index is 1.83. The lowest BCUT2D eigenvalue weighted by atomic mass is 10.1. The van der Waals surface area contributed by atoms with Gasteiger partial charge in [0.1, 0.15) is 0 Å². The average Bonchev–Trinajstić information content (AvgIpc) is 2.87. The fourth-order valence-corrected chi connectivity index (χ4v) is 1.85. The van der Waals surface area contributed by atoms with E-state index in [1.807, 2.05) is 7.05 Å². The maximum absolute atomic E-state index is 5.16. The van der Waals surface area contributed by atoms with Crippen molar-refractivity contribution in [1.82, 2.24) is 20.8 Å². The van der Waals surface area contributed by atoms with Gasteiger partial charge in [-0.05, 0) is 32.5 Å². The monoisotopic (exact) mass is 210 g/mol. The lowest BCUT2D eigenvalue weighted by Gasteiger charge is -2.01. The van der Waals surface area contributed by atoms with E-state index in [1.165, 1.54) is 6.42 Å². The van der Waals surface area contributed by atoms with E-state index in [4.69, 9.17) is 4.52 Å². The molecule has 2 heterocycles. The first-order valence-electron chi connectivity index (χ1n) is 5.55. The van der Waals surface area contributed by atoms with Crippen molar-refractivity contribution >= 4 is 0 Å². The predicted octanol–water partition coefficient (Wildman–Crippen LogP) is -0.0165. The van der Waals surface area contributed by atoms with Gasteiger partial charge in [-0.3, -0.25) is 0 Å². The lowest BCUT2D eigenvalue weighted by Crippen LogP contribution is -2.12. The predicted molar refractivity (Wildman–Crippen MR) is 56.6 cm³/mol. The van der Waals surface area contributed by atoms with E-state index < -0.39 is 0 Å². The number of likely N-dealkylation sites (N-methyl/N-ethyl adjacent to an activating group) is 1. The molecule has 5 heteroatoms. The van der Waals surface area contributed by atoms with Gasteiger partial charge >= 0.3 is 0 Å². The van der Waals surface area contributed by atoms with Crippen LogP contribution < -0.4 is 10.6 Å². The quantitative estimate of drug-likeness (QED) is 0.715. The molecule has 1 atom stereocenters. The molecule has 15 heavy (non-hydrogen) atoms. The van der Waals surface area contributed by atoms with Crippen molar-refractivity contribution < 1.29 is 4.52 Å². The molecule has 1 saturated heterocycles. The Hall–Kier alpha value is -0.940. The summed E-state index contributed by atoms with van der Waals surface area (Å²) >= 11 is 0. The molecule has 0 amide bonds. The highest BCUT2D eigenvalue weighted by Crippen LogP contribution is 2.13. The summed E-state index contributed by atoms with van der Waals surface area (Å²) in [6.07, 6.45) is 2.98. The zero-order valence-corrected chi connectivity index (χ0v) is 9.12. The van der Waals surface area contributed by atoms with Gasteiger partial charge in [-0.25, -0.2) is 0 Å². The molecule has 84 valence electrons. The Morgan fingerprint density at radius 2 is 2.53 bits per heavy atom. The fraction of sp³-hybridized carbons (Fsp3) is 0.800. The molecule has 1 unspecified atom stereocenters. The van der Waals surface area contributed by atoms with Crippen molar-refractivity contribution in [1.29, 1.82) is 0 Å². The van der Waals surface area contributed by atoms with Crippen LogP contribution in [0.25, 0.3) is 0 Å². The van der Waals surface area contributed by atoms with Crippen molar-refractivity contribution in [3.63, 3.8) is 0 Å². The maximum Gasteiger partial charge on any atom is 0.227 e. The summed E-state index contributed by atoms with van der Waals surface area (Å²) in [5.41, 5.74) is 0. The van der Waals surface area contributed by atoms with Gasteiger partial charge in [0.05, 0.1) is 0 Å². The Labute approximate surface area is 89.6 Å². The largest absolute Gasteiger partial charge is 0.339 e. The van der Waals surface area contributed by atoms with Crippen LogP contribution in [0.15, 0.2) is 4.52 Å². The SMILES string of the molecule is CNCCc1nc(CC2CCNC2)no1. The first-order chi connectivity index (χ1) is 7.38. The molecule has 0 aliphatic carbocycles. The summed E-state index contributed by atoms with van der Waals surface area (Å²) < 4.78 is 5.16. The van der Waals surface area contributed by atoms with Crippen LogP contribution in [-0.2, 0) is 12.8 Å². The third-order valence-electron chi connectivity index (χ3n) is 2.73. The summed E-state index contributed by atoms with van der Waals surface area (Å²) in [6, 6.07) is 0. The van der Waals surface area contributed by atoms with Crippen LogP contribution in [0.5, 0.6) is 0 Å². The third-order valence-corrected chi connectivity index (χ3v) is 2.73. The van der Waals surface area contributed by atoms with Gasteiger partial charge in [0, 0.05) is 19.4 Å². The number of aromatic nitrogens is 2. The minimum atomic E-state index is 0.680. The van der Waals surface area contributed by atoms with E-state index in [9.17, 15) is 0 Å². The van der Waals surface area contributed by atoms with Crippen molar-refractivity contribution in [3.05, 3.63) is 11.7 Å². The number of rotatable bonds is 5. The molecule has 5 nitrogen and oxygen atoms in total. The first-order valence-corrected chi connectivity index (χ1v) is 5.55. The van der Waals surface area contributed by atoms with Gasteiger partial charge in [-0.15, -0.1) is 0 Å². The van der Waals surface area contributed by atoms with Crippen LogP contribution in [-0.4, -0.2) is 36.8 Å². The Kier molecular flexibility index (Phi) is 3.69. The van der Waals surface area contributed by atoms with E-state index in [2.05, 4.69) is 20.8 Å². The molecular weight excluding hydrogens is 192 g/mol. The molecule has 2 N–H and O–H groups in total. The van der Waals surface area contributed by atoms with Gasteiger partial charge in [0.25, 0.3) is 0 Å². The van der Waals surface area contributed by atoms with Gasteiger partial charge < -0.3 is 15.2 Å². The molecule has 1 aromatic rings. The Morgan fingerprint density at radius 1 is 1.60 bits per heavy atom. The highest BCUT2D eigenvalue weighted by atomic mass is 16.5. The second-order valence-electron chi connectivity index (χ2n) is 4.02. The van der Waals surface area contributed by atoms with Gasteiger partial charge in [-0.2, -0.15) is 4.98 Å². The van der Waals surface area contributed by atoms with Gasteiger partial charge in [-0.1, -0.05) is 5.16 Å². The fourth-order valence-electron chi connectivity index (χ4n) is 1.85. The van der Waals surface area contributed by atoms with Gasteiger partial charge in [0.15, 0.2) is 5.82 Å². The number of nitrogens with zero attached hydrogens (tertiary/aromatic N) is 2. The van der Waals surface area contributed by atoms with Crippen LogP contribution in [0.1, 0.15) is 18.1 Å². The molecule has 0 bridgehead atoms. The van der Waals surface area contributed by atoms with E-state index >= 15 is 0 Å². The molecule has 1 aliphatic heterocycles. The summed E-state index contributed by atoms with van der Waals surface area (Å²) in [5, 5.41) is 10.4. The van der Waals surface area contributed by atoms with Crippen LogP contribution in [0.2, 0.25) is 0 Å². The zero-order valence-electron chi connectivity index (χ0n) is 9.12. The Bertz CT molecular complexity index is 293.